The number of hydrogen-bond acceptors (Lipinski definition) is 10. The molecule has 0 bridgehead atoms. The summed E-state index contributed by atoms with van der Waals surface area (Å²) >= 11 is 1.80. The lowest BCUT2D eigenvalue weighted by molar-refractivity contribution is -0.131. The molecule has 3 amide bonds. The Kier molecular flexibility index (Phi) is 15.2. The third kappa shape index (κ3) is 10.5. The average Bonchev–Trinajstić information content (AvgIpc) is 4.08. The van der Waals surface area contributed by atoms with Gasteiger partial charge in [-0.05, 0) is 123 Å². The topological polar surface area (TPSA) is 128 Å². The summed E-state index contributed by atoms with van der Waals surface area (Å²) < 4.78 is 31.0. The monoisotopic (exact) mass is 1020 g/mol. The SMILES string of the molecule is CNc1cc(N(C(=O)c2cc(-c3cc4c(cc3C(=O)N3Cc5ccccc5CS[C@H]3CN3CCCC3)CN(C(=O)Cc3ccc(OCCN5CCOCC5)cc3F)CC4)n(C)c2C)c2ccc(O)cc2)c(C)n1C. The highest BCUT2D eigenvalue weighted by Crippen LogP contribution is 2.40. The first-order valence-electron chi connectivity index (χ1n) is 25.9. The van der Waals surface area contributed by atoms with E-state index in [4.69, 9.17) is 9.47 Å². The number of anilines is 3. The molecular weight excluding hydrogens is 956 g/mol. The fourth-order valence-corrected chi connectivity index (χ4v) is 12.2. The number of rotatable bonds is 14. The molecule has 6 heterocycles. The quantitative estimate of drug-likeness (QED) is 0.110. The Bertz CT molecular complexity index is 3050. The van der Waals surface area contributed by atoms with Crippen molar-refractivity contribution in [3.63, 3.8) is 0 Å². The summed E-state index contributed by atoms with van der Waals surface area (Å²) in [5.41, 5.74) is 9.73. The van der Waals surface area contributed by atoms with Gasteiger partial charge in [0.1, 0.15) is 29.7 Å². The molecule has 0 spiro atoms. The van der Waals surface area contributed by atoms with Gasteiger partial charge >= 0.3 is 0 Å². The fourth-order valence-electron chi connectivity index (χ4n) is 10.9. The number of carbonyl (C=O) groups excluding carboxylic acids is 3. The van der Waals surface area contributed by atoms with Crippen molar-refractivity contribution in [3.05, 3.63) is 147 Å². The van der Waals surface area contributed by atoms with Gasteiger partial charge in [0.25, 0.3) is 11.8 Å². The smallest absolute Gasteiger partial charge is 0.264 e. The standard InChI is InChI=1S/C58H67FN8O6S/c1-38-48(58(71)67(45-13-15-46(68)16-14-45)52-33-54(60-3)62(5)39(52)2)32-53(61(38)4)49-28-40-18-21-65(55(69)30-41-12-17-47(31-51(41)59)73-27-24-63-22-25-72-26-23-63)34-44(40)29-50(49)57(70)66-35-42-10-6-7-11-43(42)37-74-56(66)36-64-19-8-9-20-64/h6-7,10-17,28-29,31-33,56,60,68H,8-9,18-27,30,34-37H2,1-5H3/t56-/m0/s1. The predicted octanol–water partition coefficient (Wildman–Crippen LogP) is 8.66. The number of halogens is 1. The van der Waals surface area contributed by atoms with Crippen LogP contribution in [0.3, 0.4) is 0 Å². The molecule has 10 rings (SSSR count). The molecule has 0 unspecified atom stereocenters. The maximum absolute atomic E-state index is 15.9. The summed E-state index contributed by atoms with van der Waals surface area (Å²) in [5, 5.41) is 13.4. The van der Waals surface area contributed by atoms with Crippen molar-refractivity contribution in [2.24, 2.45) is 14.1 Å². The molecule has 4 aliphatic heterocycles. The number of benzene rings is 4. The van der Waals surface area contributed by atoms with E-state index < -0.39 is 5.82 Å². The van der Waals surface area contributed by atoms with Crippen LogP contribution < -0.4 is 15.0 Å². The molecule has 6 aromatic rings. The van der Waals surface area contributed by atoms with Gasteiger partial charge in [-0.3, -0.25) is 24.2 Å². The molecule has 14 nitrogen and oxygen atoms in total. The minimum Gasteiger partial charge on any atom is -0.508 e. The molecule has 4 aliphatic rings. The Labute approximate surface area is 437 Å². The van der Waals surface area contributed by atoms with Crippen molar-refractivity contribution in [1.29, 1.82) is 0 Å². The molecule has 0 aliphatic carbocycles. The third-order valence-electron chi connectivity index (χ3n) is 15.6. The van der Waals surface area contributed by atoms with Gasteiger partial charge in [0.05, 0.1) is 36.3 Å². The highest BCUT2D eigenvalue weighted by atomic mass is 32.2. The van der Waals surface area contributed by atoms with Crippen LogP contribution in [-0.2, 0) is 55.3 Å². The molecule has 2 saturated heterocycles. The van der Waals surface area contributed by atoms with Crippen LogP contribution >= 0.6 is 11.8 Å². The first kappa shape index (κ1) is 50.9. The number of fused-ring (bicyclic) bond motifs is 2. The lowest BCUT2D eigenvalue weighted by Gasteiger charge is -2.34. The van der Waals surface area contributed by atoms with Crippen LogP contribution in [0.25, 0.3) is 11.3 Å². The maximum atomic E-state index is 15.9. The molecule has 16 heteroatoms. The molecule has 0 saturated carbocycles. The summed E-state index contributed by atoms with van der Waals surface area (Å²) in [7, 11) is 5.72. The Morgan fingerprint density at radius 3 is 2.30 bits per heavy atom. The number of phenols is 1. The molecule has 4 aromatic carbocycles. The number of likely N-dealkylation sites (tertiary alicyclic amines) is 1. The number of thioether (sulfide) groups is 1. The zero-order valence-electron chi connectivity index (χ0n) is 43.2. The van der Waals surface area contributed by atoms with Gasteiger partial charge in [0.15, 0.2) is 0 Å². The number of carbonyl (C=O) groups is 3. The number of aromatic hydroxyl groups is 1. The number of hydrogen-bond donors (Lipinski definition) is 2. The average molecular weight is 1020 g/mol. The van der Waals surface area contributed by atoms with Crippen molar-refractivity contribution < 1.29 is 33.4 Å². The largest absolute Gasteiger partial charge is 0.508 e. The molecule has 74 heavy (non-hydrogen) atoms. The second kappa shape index (κ2) is 22.1. The Morgan fingerprint density at radius 2 is 1.57 bits per heavy atom. The number of phenolic OH excluding ortho intramolecular Hbond substituents is 1. The van der Waals surface area contributed by atoms with E-state index in [9.17, 15) is 9.90 Å². The van der Waals surface area contributed by atoms with Crippen molar-refractivity contribution in [2.45, 2.75) is 63.7 Å². The van der Waals surface area contributed by atoms with E-state index in [0.717, 1.165) is 91.8 Å². The van der Waals surface area contributed by atoms with Gasteiger partial charge in [-0.1, -0.05) is 30.3 Å². The van der Waals surface area contributed by atoms with Gasteiger partial charge < -0.3 is 43.7 Å². The molecule has 388 valence electrons. The summed E-state index contributed by atoms with van der Waals surface area (Å²) in [6, 6.07) is 27.6. The van der Waals surface area contributed by atoms with E-state index >= 15 is 14.0 Å². The van der Waals surface area contributed by atoms with Gasteiger partial charge in [0.2, 0.25) is 5.91 Å². The number of morpholine rings is 1. The third-order valence-corrected chi connectivity index (χ3v) is 16.8. The van der Waals surface area contributed by atoms with Crippen molar-refractivity contribution >= 4 is 46.7 Å². The van der Waals surface area contributed by atoms with Gasteiger partial charge in [-0.15, -0.1) is 11.8 Å². The molecule has 1 atom stereocenters. The molecule has 2 N–H and O–H groups in total. The van der Waals surface area contributed by atoms with E-state index in [1.165, 1.54) is 11.6 Å². The Balaban J connectivity index is 0.997. The summed E-state index contributed by atoms with van der Waals surface area (Å²) in [4.78, 5) is 55.5. The summed E-state index contributed by atoms with van der Waals surface area (Å²) in [6.45, 7) is 12.0. The molecule has 2 fully saturated rings. The van der Waals surface area contributed by atoms with Crippen LogP contribution in [0, 0.1) is 19.7 Å². The molecule has 0 radical (unpaired) electrons. The lowest BCUT2D eigenvalue weighted by Crippen LogP contribution is -2.44. The van der Waals surface area contributed by atoms with Crippen molar-refractivity contribution in [1.82, 2.24) is 28.7 Å². The van der Waals surface area contributed by atoms with E-state index in [2.05, 4.69) is 39.4 Å². The zero-order valence-corrected chi connectivity index (χ0v) is 44.0. The zero-order chi connectivity index (χ0) is 51.6. The first-order valence-corrected chi connectivity index (χ1v) is 26.9. The van der Waals surface area contributed by atoms with Crippen LogP contribution in [0.1, 0.15) is 72.8 Å². The fraction of sp³-hybridized carbons (Fsp3) is 0.397. The number of nitrogens with zero attached hydrogens (tertiary/aromatic N) is 7. The Morgan fingerprint density at radius 1 is 0.811 bits per heavy atom. The van der Waals surface area contributed by atoms with Gasteiger partial charge in [0, 0.05) is 119 Å². The first-order chi connectivity index (χ1) is 35.8. The van der Waals surface area contributed by atoms with Crippen LogP contribution in [-0.4, -0.2) is 130 Å². The van der Waals surface area contributed by atoms with E-state index in [-0.39, 0.29) is 41.8 Å². The second-order valence-corrected chi connectivity index (χ2v) is 21.2. The maximum Gasteiger partial charge on any atom is 0.264 e. The van der Waals surface area contributed by atoms with Crippen LogP contribution in [0.5, 0.6) is 11.5 Å². The summed E-state index contributed by atoms with van der Waals surface area (Å²) in [5.74, 6) is 1.06. The summed E-state index contributed by atoms with van der Waals surface area (Å²) in [6.07, 6.45) is 2.68. The minimum atomic E-state index is -0.485. The predicted molar refractivity (Wildman–Crippen MR) is 289 cm³/mol. The highest BCUT2D eigenvalue weighted by Gasteiger charge is 2.35. The van der Waals surface area contributed by atoms with Crippen LogP contribution in [0.4, 0.5) is 21.6 Å². The van der Waals surface area contributed by atoms with Gasteiger partial charge in [-0.2, -0.15) is 0 Å². The van der Waals surface area contributed by atoms with Crippen molar-refractivity contribution in [2.75, 3.05) is 82.9 Å². The molecule has 2 aromatic heterocycles. The van der Waals surface area contributed by atoms with Gasteiger partial charge in [-0.25, -0.2) is 4.39 Å². The van der Waals surface area contributed by atoms with Crippen molar-refractivity contribution in [3.8, 4) is 22.8 Å². The normalized spacial score (nSPS) is 17.2. The van der Waals surface area contributed by atoms with E-state index in [0.29, 0.717) is 84.4 Å². The van der Waals surface area contributed by atoms with Crippen LogP contribution in [0.15, 0.2) is 91.0 Å². The lowest BCUT2D eigenvalue weighted by atomic mass is 9.91. The number of aromatic nitrogens is 2. The Hall–Kier alpha value is -6.59. The number of ether oxygens (including phenoxy) is 2. The minimum absolute atomic E-state index is 0.0893. The molecular formula is C58H67FN8O6S. The highest BCUT2D eigenvalue weighted by molar-refractivity contribution is 7.99. The van der Waals surface area contributed by atoms with Crippen LogP contribution in [0.2, 0.25) is 0 Å². The second-order valence-electron chi connectivity index (χ2n) is 20.0. The number of amides is 3. The number of nitrogens with one attached hydrogen (secondary N) is 1. The van der Waals surface area contributed by atoms with E-state index in [1.54, 1.807) is 58.0 Å². The van der Waals surface area contributed by atoms with E-state index in [1.807, 2.05) is 73.3 Å².